The zero-order valence-corrected chi connectivity index (χ0v) is 11.4. The van der Waals surface area contributed by atoms with E-state index in [0.717, 1.165) is 11.4 Å². The predicted octanol–water partition coefficient (Wildman–Crippen LogP) is 3.13. The van der Waals surface area contributed by atoms with Gasteiger partial charge in [0.2, 0.25) is 0 Å². The van der Waals surface area contributed by atoms with Crippen molar-refractivity contribution in [3.63, 3.8) is 0 Å². The summed E-state index contributed by atoms with van der Waals surface area (Å²) in [5.74, 6) is 0. The number of pyridine rings is 1. The molecule has 0 aliphatic rings. The average molecular weight is 273 g/mol. The first kappa shape index (κ1) is 13.4. The number of benzene rings is 1. The summed E-state index contributed by atoms with van der Waals surface area (Å²) in [6.07, 6.45) is 3.72. The number of rotatable bonds is 4. The molecule has 1 aromatic carbocycles. The Kier molecular flexibility index (Phi) is 4.80. The molecule has 0 saturated carbocycles. The van der Waals surface area contributed by atoms with Gasteiger partial charge in [-0.2, -0.15) is 0 Å². The number of urea groups is 1. The summed E-state index contributed by atoms with van der Waals surface area (Å²) in [6.45, 7) is 0.412. The molecule has 1 aromatic heterocycles. The average Bonchev–Trinajstić information content (AvgIpc) is 2.47. The molecule has 19 heavy (non-hydrogen) atoms. The minimum Gasteiger partial charge on any atom is -0.332 e. The molecule has 2 aromatic rings. The minimum atomic E-state index is -0.234. The summed E-state index contributed by atoms with van der Waals surface area (Å²) in [5, 5.41) is 5.53. The summed E-state index contributed by atoms with van der Waals surface area (Å²) < 4.78 is 0. The van der Waals surface area contributed by atoms with E-state index in [-0.39, 0.29) is 6.03 Å². The van der Waals surface area contributed by atoms with Crippen molar-refractivity contribution in [1.29, 1.82) is 0 Å². The molecule has 0 bridgehead atoms. The van der Waals surface area contributed by atoms with Gasteiger partial charge in [0, 0.05) is 16.8 Å². The van der Waals surface area contributed by atoms with Gasteiger partial charge < -0.3 is 10.6 Å². The summed E-state index contributed by atoms with van der Waals surface area (Å²) in [5.41, 5.74) is 1.60. The fourth-order valence-electron chi connectivity index (χ4n) is 1.52. The molecule has 5 heteroatoms. The minimum absolute atomic E-state index is 0.234. The van der Waals surface area contributed by atoms with Gasteiger partial charge in [-0.3, -0.25) is 4.98 Å². The highest BCUT2D eigenvalue weighted by molar-refractivity contribution is 7.98. The third kappa shape index (κ3) is 4.30. The van der Waals surface area contributed by atoms with Crippen LogP contribution in [0, 0.1) is 0 Å². The van der Waals surface area contributed by atoms with Crippen LogP contribution >= 0.6 is 11.8 Å². The molecule has 2 rings (SSSR count). The lowest BCUT2D eigenvalue weighted by Gasteiger charge is -2.07. The molecular weight excluding hydrogens is 258 g/mol. The molecule has 0 atom stereocenters. The molecule has 0 aliphatic heterocycles. The Labute approximate surface area is 116 Å². The van der Waals surface area contributed by atoms with Crippen molar-refractivity contribution in [2.45, 2.75) is 11.4 Å². The second-order valence-electron chi connectivity index (χ2n) is 3.86. The maximum atomic E-state index is 11.7. The van der Waals surface area contributed by atoms with Gasteiger partial charge in [-0.1, -0.05) is 6.07 Å². The molecular formula is C14H15N3OS. The third-order valence-corrected chi connectivity index (χ3v) is 3.25. The number of nitrogens with zero attached hydrogens (tertiary/aromatic N) is 1. The van der Waals surface area contributed by atoms with Crippen molar-refractivity contribution in [3.8, 4) is 0 Å². The van der Waals surface area contributed by atoms with Crippen molar-refractivity contribution in [2.24, 2.45) is 0 Å². The molecule has 0 unspecified atom stereocenters. The Morgan fingerprint density at radius 1 is 1.21 bits per heavy atom. The molecule has 0 radical (unpaired) electrons. The summed E-state index contributed by atoms with van der Waals surface area (Å²) in [7, 11) is 0. The number of hydrogen-bond acceptors (Lipinski definition) is 3. The highest BCUT2D eigenvalue weighted by Gasteiger charge is 2.01. The van der Waals surface area contributed by atoms with Crippen LogP contribution in [-0.2, 0) is 6.54 Å². The van der Waals surface area contributed by atoms with Crippen LogP contribution in [0.3, 0.4) is 0 Å². The van der Waals surface area contributed by atoms with Gasteiger partial charge in [-0.05, 0) is 42.7 Å². The van der Waals surface area contributed by atoms with Crippen LogP contribution in [0.1, 0.15) is 5.69 Å². The normalized spacial score (nSPS) is 9.95. The maximum absolute atomic E-state index is 11.7. The number of amides is 2. The van der Waals surface area contributed by atoms with Gasteiger partial charge in [-0.15, -0.1) is 11.8 Å². The van der Waals surface area contributed by atoms with Gasteiger partial charge in [-0.25, -0.2) is 4.79 Å². The van der Waals surface area contributed by atoms with Gasteiger partial charge in [0.15, 0.2) is 0 Å². The SMILES string of the molecule is CSc1ccc(NC(=O)NCc2ccccn2)cc1. The van der Waals surface area contributed by atoms with Crippen molar-refractivity contribution in [3.05, 3.63) is 54.4 Å². The Morgan fingerprint density at radius 2 is 2.00 bits per heavy atom. The van der Waals surface area contributed by atoms with Gasteiger partial charge in [0.05, 0.1) is 12.2 Å². The fourth-order valence-corrected chi connectivity index (χ4v) is 1.93. The van der Waals surface area contributed by atoms with Gasteiger partial charge in [0.25, 0.3) is 0 Å². The largest absolute Gasteiger partial charge is 0.332 e. The Bertz CT molecular complexity index is 528. The molecule has 0 fully saturated rings. The molecule has 0 aliphatic carbocycles. The number of nitrogens with one attached hydrogen (secondary N) is 2. The Morgan fingerprint density at radius 3 is 2.63 bits per heavy atom. The lowest BCUT2D eigenvalue weighted by molar-refractivity contribution is 0.251. The smallest absolute Gasteiger partial charge is 0.319 e. The number of thioether (sulfide) groups is 1. The fraction of sp³-hybridized carbons (Fsp3) is 0.143. The van der Waals surface area contributed by atoms with Crippen LogP contribution < -0.4 is 10.6 Å². The van der Waals surface area contributed by atoms with Crippen molar-refractivity contribution < 1.29 is 4.79 Å². The first-order valence-electron chi connectivity index (χ1n) is 5.87. The number of hydrogen-bond donors (Lipinski definition) is 2. The van der Waals surface area contributed by atoms with E-state index < -0.39 is 0 Å². The molecule has 0 spiro atoms. The second kappa shape index (κ2) is 6.80. The first-order chi connectivity index (χ1) is 9.28. The molecule has 2 amide bonds. The van der Waals surface area contributed by atoms with Gasteiger partial charge >= 0.3 is 6.03 Å². The Balaban J connectivity index is 1.83. The molecule has 2 N–H and O–H groups in total. The summed E-state index contributed by atoms with van der Waals surface area (Å²) >= 11 is 1.67. The van der Waals surface area contributed by atoms with Crippen molar-refractivity contribution in [1.82, 2.24) is 10.3 Å². The highest BCUT2D eigenvalue weighted by atomic mass is 32.2. The molecule has 1 heterocycles. The van der Waals surface area contributed by atoms with Crippen LogP contribution in [-0.4, -0.2) is 17.3 Å². The van der Waals surface area contributed by atoms with Crippen molar-refractivity contribution >= 4 is 23.5 Å². The molecule has 98 valence electrons. The number of anilines is 1. The Hall–Kier alpha value is -2.01. The van der Waals surface area contributed by atoms with Crippen LogP contribution in [0.5, 0.6) is 0 Å². The van der Waals surface area contributed by atoms with E-state index in [1.807, 2.05) is 48.7 Å². The van der Waals surface area contributed by atoms with Crippen LogP contribution in [0.15, 0.2) is 53.6 Å². The predicted molar refractivity (Wildman–Crippen MR) is 78.3 cm³/mol. The van der Waals surface area contributed by atoms with E-state index >= 15 is 0 Å². The second-order valence-corrected chi connectivity index (χ2v) is 4.74. The van der Waals surface area contributed by atoms with Crippen LogP contribution in [0.2, 0.25) is 0 Å². The zero-order chi connectivity index (χ0) is 13.5. The number of aromatic nitrogens is 1. The summed E-state index contributed by atoms with van der Waals surface area (Å²) in [6, 6.07) is 13.1. The quantitative estimate of drug-likeness (QED) is 0.841. The molecule has 4 nitrogen and oxygen atoms in total. The van der Waals surface area contributed by atoms with E-state index in [1.54, 1.807) is 18.0 Å². The van der Waals surface area contributed by atoms with E-state index in [1.165, 1.54) is 4.90 Å². The van der Waals surface area contributed by atoms with E-state index in [2.05, 4.69) is 15.6 Å². The third-order valence-electron chi connectivity index (χ3n) is 2.50. The summed E-state index contributed by atoms with van der Waals surface area (Å²) in [4.78, 5) is 17.0. The monoisotopic (exact) mass is 273 g/mol. The number of carbonyl (C=O) groups excluding carboxylic acids is 1. The highest BCUT2D eigenvalue weighted by Crippen LogP contribution is 2.17. The lowest BCUT2D eigenvalue weighted by atomic mass is 10.3. The van der Waals surface area contributed by atoms with Crippen LogP contribution in [0.25, 0.3) is 0 Å². The van der Waals surface area contributed by atoms with Crippen LogP contribution in [0.4, 0.5) is 10.5 Å². The van der Waals surface area contributed by atoms with Crippen molar-refractivity contribution in [2.75, 3.05) is 11.6 Å². The van der Waals surface area contributed by atoms with E-state index in [0.29, 0.717) is 6.54 Å². The standard InChI is InChI=1S/C14H15N3OS/c1-19-13-7-5-11(6-8-13)17-14(18)16-10-12-4-2-3-9-15-12/h2-9H,10H2,1H3,(H2,16,17,18). The van der Waals surface area contributed by atoms with Gasteiger partial charge in [0.1, 0.15) is 0 Å². The maximum Gasteiger partial charge on any atom is 0.319 e. The van der Waals surface area contributed by atoms with E-state index in [9.17, 15) is 4.79 Å². The first-order valence-corrected chi connectivity index (χ1v) is 7.09. The topological polar surface area (TPSA) is 54.0 Å². The lowest BCUT2D eigenvalue weighted by Crippen LogP contribution is -2.28. The zero-order valence-electron chi connectivity index (χ0n) is 10.6. The molecule has 0 saturated heterocycles. The number of carbonyl (C=O) groups is 1. The van der Waals surface area contributed by atoms with E-state index in [4.69, 9.17) is 0 Å².